The number of thiazole rings is 1. The fourth-order valence-corrected chi connectivity index (χ4v) is 3.91. The van der Waals surface area contributed by atoms with Gasteiger partial charge in [0.15, 0.2) is 0 Å². The van der Waals surface area contributed by atoms with E-state index in [0.29, 0.717) is 18.8 Å². The molecule has 21 heavy (non-hydrogen) atoms. The van der Waals surface area contributed by atoms with Crippen molar-refractivity contribution in [3.63, 3.8) is 0 Å². The molecule has 0 saturated carbocycles. The molecule has 0 aliphatic heterocycles. The highest BCUT2D eigenvalue weighted by Gasteiger charge is 2.27. The van der Waals surface area contributed by atoms with Gasteiger partial charge in [-0.1, -0.05) is 38.1 Å². The molecule has 1 heterocycles. The molecule has 0 unspecified atom stereocenters. The second-order valence-electron chi connectivity index (χ2n) is 5.94. The van der Waals surface area contributed by atoms with Gasteiger partial charge in [-0.15, -0.1) is 11.3 Å². The van der Waals surface area contributed by atoms with Crippen LogP contribution in [0.2, 0.25) is 0 Å². The van der Waals surface area contributed by atoms with Crippen LogP contribution in [0.1, 0.15) is 42.3 Å². The molecule has 0 spiro atoms. The largest absolute Gasteiger partial charge is 0.481 e. The van der Waals surface area contributed by atoms with Gasteiger partial charge in [0.05, 0.1) is 11.6 Å². The van der Waals surface area contributed by atoms with Gasteiger partial charge in [-0.05, 0) is 30.7 Å². The molecule has 3 nitrogen and oxygen atoms in total. The Labute approximate surface area is 128 Å². The Morgan fingerprint density at radius 1 is 1.33 bits per heavy atom. The number of aliphatic carboxylic acids is 1. The molecule has 1 atom stereocenters. The van der Waals surface area contributed by atoms with Crippen LogP contribution < -0.4 is 0 Å². The minimum Gasteiger partial charge on any atom is -0.481 e. The molecule has 4 heteroatoms. The van der Waals surface area contributed by atoms with Gasteiger partial charge in [0.2, 0.25) is 0 Å². The van der Waals surface area contributed by atoms with Crippen molar-refractivity contribution in [2.24, 2.45) is 5.92 Å². The van der Waals surface area contributed by atoms with Crippen molar-refractivity contribution in [2.75, 3.05) is 0 Å². The standard InChI is InChI=1S/C17H19NO2S/c1-10(2)11-3-5-12(6-4-11)16-18-14-8-7-13(17(19)20)9-15(14)21-16/h3-6,10,13H,7-9H2,1-2H3,(H,19,20)/t13-/m0/s1. The summed E-state index contributed by atoms with van der Waals surface area (Å²) in [5.41, 5.74) is 3.55. The van der Waals surface area contributed by atoms with Crippen LogP contribution in [0.4, 0.5) is 0 Å². The van der Waals surface area contributed by atoms with Crippen molar-refractivity contribution in [2.45, 2.75) is 39.0 Å². The molecule has 1 N–H and O–H groups in total. The van der Waals surface area contributed by atoms with E-state index in [2.05, 4.69) is 38.1 Å². The molecule has 3 rings (SSSR count). The molecule has 1 aliphatic rings. The number of aromatic nitrogens is 1. The summed E-state index contributed by atoms with van der Waals surface area (Å²) >= 11 is 1.65. The first-order chi connectivity index (χ1) is 10.0. The number of carboxylic acids is 1. The van der Waals surface area contributed by atoms with Crippen LogP contribution in [0.5, 0.6) is 0 Å². The number of hydrogen-bond donors (Lipinski definition) is 1. The highest BCUT2D eigenvalue weighted by Crippen LogP contribution is 2.35. The van der Waals surface area contributed by atoms with Gasteiger partial charge in [0, 0.05) is 10.4 Å². The fourth-order valence-electron chi connectivity index (χ4n) is 2.72. The minimum atomic E-state index is -0.683. The molecule has 110 valence electrons. The van der Waals surface area contributed by atoms with E-state index in [9.17, 15) is 4.79 Å². The predicted molar refractivity (Wildman–Crippen MR) is 84.8 cm³/mol. The van der Waals surface area contributed by atoms with Gasteiger partial charge >= 0.3 is 5.97 Å². The molecule has 2 aromatic rings. The number of hydrogen-bond acceptors (Lipinski definition) is 3. The van der Waals surface area contributed by atoms with Crippen LogP contribution in [-0.4, -0.2) is 16.1 Å². The molecule has 0 amide bonds. The molecule has 0 fully saturated rings. The van der Waals surface area contributed by atoms with Crippen LogP contribution in [-0.2, 0) is 17.6 Å². The number of benzene rings is 1. The maximum Gasteiger partial charge on any atom is 0.306 e. The zero-order valence-corrected chi connectivity index (χ0v) is 13.1. The maximum absolute atomic E-state index is 11.1. The zero-order valence-electron chi connectivity index (χ0n) is 12.3. The van der Waals surface area contributed by atoms with Crippen LogP contribution in [0.25, 0.3) is 10.6 Å². The summed E-state index contributed by atoms with van der Waals surface area (Å²) in [5, 5.41) is 10.2. The Bertz CT molecular complexity index is 658. The predicted octanol–water partition coefficient (Wildman–Crippen LogP) is 4.12. The Balaban J connectivity index is 1.86. The number of nitrogens with zero attached hydrogens (tertiary/aromatic N) is 1. The quantitative estimate of drug-likeness (QED) is 0.927. The third-order valence-corrected chi connectivity index (χ3v) is 5.28. The Morgan fingerprint density at radius 2 is 2.05 bits per heavy atom. The van der Waals surface area contributed by atoms with Gasteiger partial charge in [0.1, 0.15) is 5.01 Å². The third kappa shape index (κ3) is 2.86. The molecular weight excluding hydrogens is 282 g/mol. The summed E-state index contributed by atoms with van der Waals surface area (Å²) in [6.07, 6.45) is 2.12. The van der Waals surface area contributed by atoms with Crippen molar-refractivity contribution in [3.05, 3.63) is 40.4 Å². The first-order valence-corrected chi connectivity index (χ1v) is 8.18. The normalized spacial score (nSPS) is 17.8. The van der Waals surface area contributed by atoms with E-state index in [1.165, 1.54) is 5.56 Å². The van der Waals surface area contributed by atoms with E-state index in [4.69, 9.17) is 10.1 Å². The number of aryl methyl sites for hydroxylation is 1. The second kappa shape index (κ2) is 5.60. The SMILES string of the molecule is CC(C)c1ccc(-c2nc3c(s2)C[C@@H](C(=O)O)CC3)cc1. The Kier molecular flexibility index (Phi) is 3.81. The average molecular weight is 301 g/mol. The highest BCUT2D eigenvalue weighted by atomic mass is 32.1. The number of carbonyl (C=O) groups is 1. The van der Waals surface area contributed by atoms with E-state index in [1.807, 2.05) is 0 Å². The zero-order chi connectivity index (χ0) is 15.0. The number of fused-ring (bicyclic) bond motifs is 1. The summed E-state index contributed by atoms with van der Waals surface area (Å²) in [5.74, 6) is -0.397. The molecule has 0 radical (unpaired) electrons. The molecule has 1 aliphatic carbocycles. The van der Waals surface area contributed by atoms with E-state index < -0.39 is 5.97 Å². The summed E-state index contributed by atoms with van der Waals surface area (Å²) in [6.45, 7) is 4.37. The highest BCUT2D eigenvalue weighted by molar-refractivity contribution is 7.15. The molecular formula is C17H19NO2S. The van der Waals surface area contributed by atoms with E-state index in [0.717, 1.165) is 27.6 Å². The Hall–Kier alpha value is -1.68. The van der Waals surface area contributed by atoms with E-state index in [-0.39, 0.29) is 5.92 Å². The lowest BCUT2D eigenvalue weighted by atomic mass is 9.91. The first kappa shape index (κ1) is 14.3. The van der Waals surface area contributed by atoms with Crippen molar-refractivity contribution in [1.29, 1.82) is 0 Å². The smallest absolute Gasteiger partial charge is 0.306 e. The van der Waals surface area contributed by atoms with Gasteiger partial charge in [-0.2, -0.15) is 0 Å². The van der Waals surface area contributed by atoms with Crippen molar-refractivity contribution < 1.29 is 9.90 Å². The molecule has 1 aromatic heterocycles. The number of rotatable bonds is 3. The molecule has 0 saturated heterocycles. The van der Waals surface area contributed by atoms with Crippen molar-refractivity contribution in [3.8, 4) is 10.6 Å². The third-order valence-electron chi connectivity index (χ3n) is 4.11. The van der Waals surface area contributed by atoms with Crippen LogP contribution in [0.15, 0.2) is 24.3 Å². The van der Waals surface area contributed by atoms with Crippen LogP contribution >= 0.6 is 11.3 Å². The van der Waals surface area contributed by atoms with Crippen molar-refractivity contribution >= 4 is 17.3 Å². The molecule has 0 bridgehead atoms. The summed E-state index contributed by atoms with van der Waals surface area (Å²) in [7, 11) is 0. The topological polar surface area (TPSA) is 50.2 Å². The maximum atomic E-state index is 11.1. The molecule has 1 aromatic carbocycles. The number of carboxylic acid groups (broad SMARTS) is 1. The van der Waals surface area contributed by atoms with Gasteiger partial charge in [0.25, 0.3) is 0 Å². The summed E-state index contributed by atoms with van der Waals surface area (Å²) in [4.78, 5) is 17.0. The lowest BCUT2D eigenvalue weighted by molar-refractivity contribution is -0.142. The monoisotopic (exact) mass is 301 g/mol. The van der Waals surface area contributed by atoms with E-state index >= 15 is 0 Å². The fraction of sp³-hybridized carbons (Fsp3) is 0.412. The average Bonchev–Trinajstić information content (AvgIpc) is 2.90. The van der Waals surface area contributed by atoms with Gasteiger partial charge in [-0.3, -0.25) is 4.79 Å². The van der Waals surface area contributed by atoms with E-state index in [1.54, 1.807) is 11.3 Å². The van der Waals surface area contributed by atoms with Crippen LogP contribution in [0, 0.1) is 5.92 Å². The second-order valence-corrected chi connectivity index (χ2v) is 7.03. The van der Waals surface area contributed by atoms with Crippen molar-refractivity contribution in [1.82, 2.24) is 4.98 Å². The first-order valence-electron chi connectivity index (χ1n) is 7.36. The summed E-state index contributed by atoms with van der Waals surface area (Å²) < 4.78 is 0. The van der Waals surface area contributed by atoms with Gasteiger partial charge in [-0.25, -0.2) is 4.98 Å². The van der Waals surface area contributed by atoms with Crippen LogP contribution in [0.3, 0.4) is 0 Å². The van der Waals surface area contributed by atoms with Gasteiger partial charge < -0.3 is 5.11 Å². The lowest BCUT2D eigenvalue weighted by Gasteiger charge is -2.16. The summed E-state index contributed by atoms with van der Waals surface area (Å²) in [6, 6.07) is 8.55. The lowest BCUT2D eigenvalue weighted by Crippen LogP contribution is -2.21. The minimum absolute atomic E-state index is 0.242. The Morgan fingerprint density at radius 3 is 2.67 bits per heavy atom.